The molecule has 45 heteroatoms. The zero-order valence-electron chi connectivity index (χ0n) is 52.2. The first kappa shape index (κ1) is 78.2. The maximum Gasteiger partial charge on any atom is 0.340 e. The maximum atomic E-state index is 11.9. The fraction of sp³-hybridized carbons (Fsp3) is 0.400. The maximum absolute atomic E-state index is 11.9. The Bertz CT molecular complexity index is 4390. The average molecular weight is 1570 g/mol. The Balaban J connectivity index is 0.000000166. The molecule has 9 heterocycles. The quantitative estimate of drug-likeness (QED) is 0.0277. The van der Waals surface area contributed by atoms with Gasteiger partial charge in [0.1, 0.15) is 60.8 Å². The summed E-state index contributed by atoms with van der Waals surface area (Å²) in [6, 6.07) is 29.3. The molecular weight excluding hydrogens is 1500 g/mol. The van der Waals surface area contributed by atoms with Crippen LogP contribution in [-0.2, 0) is 56.6 Å². The Morgan fingerprint density at radius 2 is 0.800 bits per heavy atom. The van der Waals surface area contributed by atoms with Crippen LogP contribution in [0, 0.1) is 0 Å². The molecular formula is C55H68Cl5N17O19P4. The Labute approximate surface area is 591 Å². The van der Waals surface area contributed by atoms with E-state index >= 15 is 0 Å². The molecule has 0 spiro atoms. The first-order chi connectivity index (χ1) is 47.4. The lowest BCUT2D eigenvalue weighted by atomic mass is 10.1. The average Bonchev–Trinajstić information content (AvgIpc) is 1.62. The number of halogens is 5. The van der Waals surface area contributed by atoms with Crippen molar-refractivity contribution in [3.05, 3.63) is 132 Å². The molecule has 1 unspecified atom stereocenters. The monoisotopic (exact) mass is 1570 g/mol. The van der Waals surface area contributed by atoms with Crippen LogP contribution < -0.4 is 26.6 Å². The number of fused-ring (bicyclic) bond motifs is 3. The van der Waals surface area contributed by atoms with E-state index in [0.29, 0.717) is 70.9 Å². The Hall–Kier alpha value is -5.92. The summed E-state index contributed by atoms with van der Waals surface area (Å²) >= 11 is 26.1. The van der Waals surface area contributed by atoms with Crippen LogP contribution in [0.4, 0.5) is 29.4 Å². The van der Waals surface area contributed by atoms with E-state index in [1.807, 2.05) is 91.0 Å². The lowest BCUT2D eigenvalue weighted by Crippen LogP contribution is -2.33. The Kier molecular flexibility index (Phi) is 26.7. The van der Waals surface area contributed by atoms with Crippen molar-refractivity contribution in [3.8, 4) is 0 Å². The molecule has 0 bridgehead atoms. The lowest BCUT2D eigenvalue weighted by molar-refractivity contribution is -0.0511. The number of aliphatic hydroxyl groups is 8. The van der Waals surface area contributed by atoms with Crippen LogP contribution in [0.1, 0.15) is 35.4 Å². The standard InChI is InChI=1S/C19H26N6O9P2.C18H22N6O4.C17H18ClN5O4.CH2Cl4O2P2/c1-20-19-23-16(21-7-11-5-3-2-4-6-11)13-17(24-19)25(9-22-13)18-15(27)14(26)12(34-18)8-33-36(31,32)10-35(28,29)30;1-19-18-22-15(20-7-10-5-3-2-4-6-10)12-16(23-18)24(9-21-12)17-14(27)13(26)11(8-25)28-17;18-17-21-14(19-6-9-4-2-1-3-5-9)11-15(22-17)23(8-20-11)16-13(26)12(25)10(7-24)27-16;2-8(3,6)1-9(4,5)7/h2-6,9,12,14-15,18,26-27H,7-8,10H2,1H3,(H,31,32)(H2,28,29,30)(H2,20,21,23,24);2-6,9,11,13-14,17,25-27H,7-8H2,1H3,(H2,19,20,22,23);1-5,8,10,12-13,16,24-26H,6-7H2,(H,19,21,22);1H2/t12-,14-,15-,18-;11-,13-,14-,17-;10-,12-,13-,16-;/m111./s1. The molecule has 3 fully saturated rings. The number of imidazole rings is 3. The number of hydrogen-bond donors (Lipinski definition) is 16. The highest BCUT2D eigenvalue weighted by Crippen LogP contribution is 2.72. The highest BCUT2D eigenvalue weighted by atomic mass is 35.9. The third-order valence-corrected chi connectivity index (χ3v) is 25.0. The number of ether oxygens (including phenoxy) is 3. The lowest BCUT2D eigenvalue weighted by Gasteiger charge is -2.18. The number of aliphatic hydroxyl groups excluding tert-OH is 8. The third kappa shape index (κ3) is 20.3. The molecule has 0 radical (unpaired) electrons. The topological polar surface area (TPSA) is 519 Å². The minimum atomic E-state index is -4.82. The fourth-order valence-corrected chi connectivity index (χ4v) is 21.8. The molecule has 16 N–H and O–H groups in total. The summed E-state index contributed by atoms with van der Waals surface area (Å²) in [5.74, 6) is -6.64. The molecule has 3 aliphatic rings. The predicted molar refractivity (Wildman–Crippen MR) is 370 cm³/mol. The van der Waals surface area contributed by atoms with Gasteiger partial charge in [0.25, 0.3) is 11.7 Å². The van der Waals surface area contributed by atoms with Crippen molar-refractivity contribution in [2.24, 2.45) is 0 Å². The molecule has 6 aromatic heterocycles. The summed E-state index contributed by atoms with van der Waals surface area (Å²) in [7, 11) is -6.16. The van der Waals surface area contributed by atoms with E-state index in [2.05, 4.69) is 71.4 Å². The van der Waals surface area contributed by atoms with Gasteiger partial charge in [-0.15, -0.1) is 0 Å². The summed E-state index contributed by atoms with van der Waals surface area (Å²) in [5, 5.41) is 95.6. The molecule has 542 valence electrons. The van der Waals surface area contributed by atoms with Gasteiger partial charge < -0.3 is 101 Å². The number of anilines is 5. The molecule has 100 heavy (non-hydrogen) atoms. The molecule has 9 aromatic rings. The van der Waals surface area contributed by atoms with Crippen LogP contribution in [0.2, 0.25) is 5.28 Å². The zero-order chi connectivity index (χ0) is 72.4. The Morgan fingerprint density at radius 1 is 0.470 bits per heavy atom. The van der Waals surface area contributed by atoms with E-state index in [-0.39, 0.29) is 16.9 Å². The minimum Gasteiger partial charge on any atom is -0.394 e. The molecule has 13 atom stereocenters. The third-order valence-electron chi connectivity index (χ3n) is 14.9. The van der Waals surface area contributed by atoms with E-state index in [1.54, 1.807) is 14.1 Å². The number of benzene rings is 3. The van der Waals surface area contributed by atoms with E-state index in [0.717, 1.165) is 16.7 Å². The summed E-state index contributed by atoms with van der Waals surface area (Å²) in [6.45, 7) is 0.0129. The van der Waals surface area contributed by atoms with Gasteiger partial charge in [-0.3, -0.25) is 32.0 Å². The van der Waals surface area contributed by atoms with Crippen molar-refractivity contribution >= 4 is 146 Å². The molecule has 12 rings (SSSR count). The van der Waals surface area contributed by atoms with Gasteiger partial charge in [0.15, 0.2) is 75.5 Å². The van der Waals surface area contributed by atoms with E-state index in [4.69, 9.17) is 85.1 Å². The van der Waals surface area contributed by atoms with E-state index < -0.39 is 132 Å². The highest BCUT2D eigenvalue weighted by molar-refractivity contribution is 8.21. The number of aromatic nitrogens is 12. The van der Waals surface area contributed by atoms with Crippen LogP contribution in [0.5, 0.6) is 0 Å². The second kappa shape index (κ2) is 34.1. The second-order valence-corrected chi connectivity index (χ2v) is 37.5. The van der Waals surface area contributed by atoms with Gasteiger partial charge in [0, 0.05) is 33.7 Å². The summed E-state index contributed by atoms with van der Waals surface area (Å²) in [4.78, 5) is 66.6. The van der Waals surface area contributed by atoms with Crippen molar-refractivity contribution in [1.82, 2.24) is 58.6 Å². The van der Waals surface area contributed by atoms with Crippen LogP contribution in [0.25, 0.3) is 33.5 Å². The van der Waals surface area contributed by atoms with Gasteiger partial charge in [0.2, 0.25) is 17.2 Å². The van der Waals surface area contributed by atoms with E-state index in [9.17, 15) is 64.0 Å². The largest absolute Gasteiger partial charge is 0.394 e. The van der Waals surface area contributed by atoms with Gasteiger partial charge in [-0.25, -0.2) is 15.0 Å². The molecule has 3 aliphatic heterocycles. The van der Waals surface area contributed by atoms with Gasteiger partial charge in [-0.05, 0) is 73.3 Å². The minimum absolute atomic E-state index is 0.00607. The molecule has 0 amide bonds. The number of nitrogens with one attached hydrogen (secondary N) is 5. The zero-order valence-corrected chi connectivity index (χ0v) is 59.6. The van der Waals surface area contributed by atoms with Crippen molar-refractivity contribution in [2.75, 3.05) is 72.3 Å². The van der Waals surface area contributed by atoms with Gasteiger partial charge in [-0.2, -0.15) is 29.9 Å². The number of hydrogen-bond acceptors (Lipinski definition) is 30. The van der Waals surface area contributed by atoms with Gasteiger partial charge >= 0.3 is 15.2 Å². The van der Waals surface area contributed by atoms with Crippen molar-refractivity contribution in [2.45, 2.75) is 93.3 Å². The van der Waals surface area contributed by atoms with Gasteiger partial charge in [-0.1, -0.05) is 91.0 Å². The smallest absolute Gasteiger partial charge is 0.340 e. The van der Waals surface area contributed by atoms with Crippen molar-refractivity contribution in [1.29, 1.82) is 0 Å². The van der Waals surface area contributed by atoms with Crippen molar-refractivity contribution in [3.63, 3.8) is 0 Å². The molecule has 36 nitrogen and oxygen atoms in total. The molecule has 3 aromatic carbocycles. The van der Waals surface area contributed by atoms with Crippen LogP contribution in [0.15, 0.2) is 110 Å². The highest BCUT2D eigenvalue weighted by Gasteiger charge is 2.48. The summed E-state index contributed by atoms with van der Waals surface area (Å²) < 4.78 is 69.8. The normalized spacial score (nSPS) is 23.6. The van der Waals surface area contributed by atoms with Crippen LogP contribution >= 0.6 is 83.5 Å². The summed E-state index contributed by atoms with van der Waals surface area (Å²) in [6.07, 6.45) is -9.76. The van der Waals surface area contributed by atoms with E-state index in [1.165, 1.54) is 32.7 Å². The first-order valence-electron chi connectivity index (χ1n) is 29.7. The number of rotatable bonds is 23. The van der Waals surface area contributed by atoms with Gasteiger partial charge in [0.05, 0.1) is 38.8 Å². The van der Waals surface area contributed by atoms with Crippen molar-refractivity contribution < 1.29 is 92.5 Å². The van der Waals surface area contributed by atoms with Crippen LogP contribution in [0.3, 0.4) is 0 Å². The van der Waals surface area contributed by atoms with Crippen LogP contribution in [-0.4, -0.2) is 215 Å². The Morgan fingerprint density at radius 3 is 1.11 bits per heavy atom. The number of nitrogens with zero attached hydrogens (tertiary/aromatic N) is 12. The first-order valence-corrected chi connectivity index (χ1v) is 41.0. The molecule has 0 saturated carbocycles. The molecule has 0 aliphatic carbocycles. The SMILES string of the molecule is CNc1nc(NCc2ccccc2)c2ncn([C@@H]3O[C@H](CO)[C@@H](O)[C@H]3O)c2n1.CNc1nc(NCc2ccccc2)c2ncn([C@@H]3O[C@H](COP(=O)(O)CP(=O)(O)O)[C@@H](O)[C@H]3O)c2n1.O=P(Cl)(Cl)CP(=O)(Cl)Cl.OC[C@H]1O[C@@H](n2cnc3c(NCc4ccccc4)nc(Cl)nc32)[C@H](O)[C@@H]1O. The second-order valence-electron chi connectivity index (χ2n) is 22.1. The fourth-order valence-electron chi connectivity index (χ4n) is 10.2. The predicted octanol–water partition coefficient (Wildman–Crippen LogP) is 5.52. The summed E-state index contributed by atoms with van der Waals surface area (Å²) in [5.41, 5.74) is 5.54. The molecule has 3 saturated heterocycles.